The maximum absolute atomic E-state index is 10.5. The molecule has 2 atom stereocenters. The third kappa shape index (κ3) is 2.12. The molecule has 0 aromatic heterocycles. The van der Waals surface area contributed by atoms with Crippen LogP contribution in [0.1, 0.15) is 12.8 Å². The number of rotatable bonds is 1. The van der Waals surface area contributed by atoms with E-state index in [1.54, 1.807) is 7.05 Å². The van der Waals surface area contributed by atoms with Crippen molar-refractivity contribution in [1.82, 2.24) is 4.90 Å². The average Bonchev–Trinajstić information content (AvgIpc) is 2.04. The molecule has 0 radical (unpaired) electrons. The summed E-state index contributed by atoms with van der Waals surface area (Å²) >= 11 is 2.28. The Kier molecular flexibility index (Phi) is 3.37. The van der Waals surface area contributed by atoms with Crippen molar-refractivity contribution in [3.05, 3.63) is 12.2 Å². The van der Waals surface area contributed by atoms with E-state index in [0.29, 0.717) is 3.92 Å². The summed E-state index contributed by atoms with van der Waals surface area (Å²) in [5.74, 6) is 0. The second-order valence-corrected chi connectivity index (χ2v) is 4.50. The van der Waals surface area contributed by atoms with Crippen LogP contribution < -0.4 is 5.11 Å². The summed E-state index contributed by atoms with van der Waals surface area (Å²) in [6.45, 7) is 0. The molecule has 0 saturated heterocycles. The van der Waals surface area contributed by atoms with Gasteiger partial charge in [-0.15, -0.1) is 0 Å². The van der Waals surface area contributed by atoms with Gasteiger partial charge in [0.15, 0.2) is 0 Å². The first-order chi connectivity index (χ1) is 5.63. The van der Waals surface area contributed by atoms with Crippen LogP contribution in [0.15, 0.2) is 12.2 Å². The molecule has 1 amide bonds. The molecule has 1 rings (SSSR count). The number of carboxylic acid groups (broad SMARTS) is 1. The molecule has 0 heterocycles. The molecule has 0 fully saturated rings. The monoisotopic (exact) mass is 280 g/mol. The van der Waals surface area contributed by atoms with E-state index in [-0.39, 0.29) is 6.04 Å². The van der Waals surface area contributed by atoms with E-state index in [0.717, 1.165) is 12.8 Å². The zero-order valence-electron chi connectivity index (χ0n) is 6.87. The highest BCUT2D eigenvalue weighted by Gasteiger charge is 2.23. The van der Waals surface area contributed by atoms with Gasteiger partial charge in [-0.25, -0.2) is 0 Å². The predicted octanol–water partition coefficient (Wildman–Crippen LogP) is 0.784. The molecule has 0 aromatic carbocycles. The molecular weight excluding hydrogens is 269 g/mol. The van der Waals surface area contributed by atoms with Crippen LogP contribution in [-0.4, -0.2) is 28.0 Å². The van der Waals surface area contributed by atoms with Crippen molar-refractivity contribution >= 4 is 28.7 Å². The molecule has 0 N–H and O–H groups in total. The van der Waals surface area contributed by atoms with E-state index in [1.165, 1.54) is 4.90 Å². The lowest BCUT2D eigenvalue weighted by molar-refractivity contribution is -0.266. The topological polar surface area (TPSA) is 43.4 Å². The number of carbonyl (C=O) groups is 1. The summed E-state index contributed by atoms with van der Waals surface area (Å²) < 4.78 is 0.371. The van der Waals surface area contributed by atoms with Crippen molar-refractivity contribution in [2.75, 3.05) is 7.05 Å². The van der Waals surface area contributed by atoms with Gasteiger partial charge in [0, 0.05) is 17.0 Å². The van der Waals surface area contributed by atoms with Crippen molar-refractivity contribution < 1.29 is 9.90 Å². The minimum Gasteiger partial charge on any atom is -0.530 e. The van der Waals surface area contributed by atoms with Crippen molar-refractivity contribution in [2.24, 2.45) is 0 Å². The van der Waals surface area contributed by atoms with Gasteiger partial charge in [-0.3, -0.25) is 0 Å². The van der Waals surface area contributed by atoms with Crippen LogP contribution in [0.25, 0.3) is 0 Å². The number of hydrogen-bond acceptors (Lipinski definition) is 2. The molecule has 0 spiro atoms. The molecule has 1 aliphatic rings. The van der Waals surface area contributed by atoms with Gasteiger partial charge in [0.05, 0.1) is 0 Å². The number of hydrogen-bond donors (Lipinski definition) is 0. The first-order valence-electron chi connectivity index (χ1n) is 3.86. The second kappa shape index (κ2) is 4.11. The van der Waals surface area contributed by atoms with Gasteiger partial charge in [-0.05, 0) is 12.8 Å². The second-order valence-electron chi connectivity index (χ2n) is 2.90. The number of halogens is 1. The Morgan fingerprint density at radius 1 is 1.58 bits per heavy atom. The zero-order valence-corrected chi connectivity index (χ0v) is 9.02. The zero-order chi connectivity index (χ0) is 9.14. The lowest BCUT2D eigenvalue weighted by Crippen LogP contribution is -2.48. The average molecular weight is 280 g/mol. The number of allylic oxidation sites excluding steroid dienone is 1. The van der Waals surface area contributed by atoms with Gasteiger partial charge in [0.2, 0.25) is 0 Å². The third-order valence-corrected chi connectivity index (χ3v) is 3.45. The first-order valence-corrected chi connectivity index (χ1v) is 5.10. The van der Waals surface area contributed by atoms with Crippen LogP contribution in [0.2, 0.25) is 0 Å². The van der Waals surface area contributed by atoms with Crippen LogP contribution in [0.3, 0.4) is 0 Å². The Balaban J connectivity index is 2.61. The Hall–Kier alpha value is -0.260. The fourth-order valence-electron chi connectivity index (χ4n) is 1.30. The summed E-state index contributed by atoms with van der Waals surface area (Å²) in [5.41, 5.74) is 0. The SMILES string of the molecule is CN(C(=O)[O-])C1CC=CCC1I. The van der Waals surface area contributed by atoms with E-state index >= 15 is 0 Å². The van der Waals surface area contributed by atoms with Crippen molar-refractivity contribution in [3.8, 4) is 0 Å². The molecular formula is C8H11INO2-. The molecule has 12 heavy (non-hydrogen) atoms. The predicted molar refractivity (Wildman–Crippen MR) is 53.1 cm³/mol. The summed E-state index contributed by atoms with van der Waals surface area (Å²) in [7, 11) is 1.57. The van der Waals surface area contributed by atoms with Crippen molar-refractivity contribution in [1.29, 1.82) is 0 Å². The number of alkyl halides is 1. The minimum absolute atomic E-state index is 0.0839. The molecule has 0 bridgehead atoms. The van der Waals surface area contributed by atoms with E-state index in [4.69, 9.17) is 0 Å². The van der Waals surface area contributed by atoms with Crippen LogP contribution in [-0.2, 0) is 0 Å². The van der Waals surface area contributed by atoms with Gasteiger partial charge in [-0.2, -0.15) is 0 Å². The Bertz CT molecular complexity index is 205. The molecule has 68 valence electrons. The molecule has 4 heteroatoms. The van der Waals surface area contributed by atoms with Gasteiger partial charge in [0.25, 0.3) is 0 Å². The molecule has 3 nitrogen and oxygen atoms in total. The lowest BCUT2D eigenvalue weighted by Gasteiger charge is -2.34. The van der Waals surface area contributed by atoms with Gasteiger partial charge >= 0.3 is 0 Å². The van der Waals surface area contributed by atoms with Crippen molar-refractivity contribution in [3.63, 3.8) is 0 Å². The van der Waals surface area contributed by atoms with Gasteiger partial charge in [-0.1, -0.05) is 34.7 Å². The van der Waals surface area contributed by atoms with E-state index in [1.807, 2.05) is 6.08 Å². The first kappa shape index (κ1) is 9.83. The van der Waals surface area contributed by atoms with Crippen LogP contribution in [0, 0.1) is 0 Å². The summed E-state index contributed by atoms with van der Waals surface area (Å²) in [6, 6.07) is 0.0839. The summed E-state index contributed by atoms with van der Waals surface area (Å²) in [5, 5.41) is 10.5. The number of amides is 1. The smallest absolute Gasteiger partial charge is 0.136 e. The highest BCUT2D eigenvalue weighted by atomic mass is 127. The fourth-order valence-corrected chi connectivity index (χ4v) is 2.37. The third-order valence-electron chi connectivity index (χ3n) is 2.11. The highest BCUT2D eigenvalue weighted by Crippen LogP contribution is 2.23. The maximum Gasteiger partial charge on any atom is 0.136 e. The van der Waals surface area contributed by atoms with Crippen LogP contribution in [0.4, 0.5) is 4.79 Å². The quantitative estimate of drug-likeness (QED) is 0.405. The van der Waals surface area contributed by atoms with Gasteiger partial charge < -0.3 is 14.8 Å². The summed E-state index contributed by atoms with van der Waals surface area (Å²) in [4.78, 5) is 11.8. The molecule has 0 aromatic rings. The van der Waals surface area contributed by atoms with Gasteiger partial charge in [0.1, 0.15) is 6.09 Å². The minimum atomic E-state index is -1.09. The largest absolute Gasteiger partial charge is 0.530 e. The van der Waals surface area contributed by atoms with E-state index < -0.39 is 6.09 Å². The number of carbonyl (C=O) groups excluding carboxylic acids is 1. The standard InChI is InChI=1S/C8H12INO2/c1-10(8(11)12)7-5-3-2-4-6(7)9/h2-3,6-7H,4-5H2,1H3,(H,11,12)/p-1. The lowest BCUT2D eigenvalue weighted by atomic mass is 10.0. The fraction of sp³-hybridized carbons (Fsp3) is 0.625. The molecule has 1 aliphatic carbocycles. The van der Waals surface area contributed by atoms with E-state index in [2.05, 4.69) is 28.7 Å². The van der Waals surface area contributed by atoms with Crippen molar-refractivity contribution in [2.45, 2.75) is 22.8 Å². The summed E-state index contributed by atoms with van der Waals surface area (Å²) in [6.07, 6.45) is 4.79. The molecule has 0 aliphatic heterocycles. The Morgan fingerprint density at radius 3 is 2.67 bits per heavy atom. The van der Waals surface area contributed by atoms with Crippen LogP contribution in [0.5, 0.6) is 0 Å². The Labute approximate surface area is 85.6 Å². The van der Waals surface area contributed by atoms with E-state index in [9.17, 15) is 9.90 Å². The van der Waals surface area contributed by atoms with Crippen LogP contribution >= 0.6 is 22.6 Å². The Morgan fingerprint density at radius 2 is 2.17 bits per heavy atom. The maximum atomic E-state index is 10.5. The normalized spacial score (nSPS) is 28.5. The molecule has 0 saturated carbocycles. The highest BCUT2D eigenvalue weighted by molar-refractivity contribution is 14.1. The number of nitrogens with zero attached hydrogens (tertiary/aromatic N) is 1. The molecule has 2 unspecified atom stereocenters.